The number of rotatable bonds is 8. The van der Waals surface area contributed by atoms with E-state index in [1.165, 1.54) is 0 Å². The molecule has 1 heterocycles. The number of benzene rings is 2. The van der Waals surface area contributed by atoms with Crippen LogP contribution in [-0.2, 0) is 17.8 Å². The number of ether oxygens (including phenoxy) is 2. The number of carbonyl (C=O) groups is 1. The molecule has 0 atom stereocenters. The molecule has 0 saturated carbocycles. The van der Waals surface area contributed by atoms with Gasteiger partial charge in [-0.15, -0.1) is 0 Å². The van der Waals surface area contributed by atoms with Crippen molar-refractivity contribution in [2.45, 2.75) is 19.5 Å². The Kier molecular flexibility index (Phi) is 6.25. The van der Waals surface area contributed by atoms with Crippen LogP contribution in [0.4, 0.5) is 13.6 Å². The van der Waals surface area contributed by atoms with Gasteiger partial charge in [0.2, 0.25) is 0 Å². The summed E-state index contributed by atoms with van der Waals surface area (Å²) in [6.45, 7) is -0.199. The minimum atomic E-state index is -2.60. The summed E-state index contributed by atoms with van der Waals surface area (Å²) in [5.74, 6) is 0.731. The highest BCUT2D eigenvalue weighted by Crippen LogP contribution is 2.29. The van der Waals surface area contributed by atoms with Crippen LogP contribution in [0, 0.1) is 0 Å². The van der Waals surface area contributed by atoms with Gasteiger partial charge in [-0.1, -0.05) is 36.4 Å². The summed E-state index contributed by atoms with van der Waals surface area (Å²) < 4.78 is 35.1. The molecule has 5 nitrogen and oxygen atoms in total. The zero-order valence-corrected chi connectivity index (χ0v) is 14.6. The van der Waals surface area contributed by atoms with E-state index < -0.39 is 19.1 Å². The smallest absolute Gasteiger partial charge is 0.407 e. The third-order valence-electron chi connectivity index (χ3n) is 3.99. The Labute approximate surface area is 155 Å². The second-order valence-electron chi connectivity index (χ2n) is 5.92. The molecule has 3 rings (SSSR count). The number of H-pyrrole nitrogens is 1. The van der Waals surface area contributed by atoms with Crippen molar-refractivity contribution in [1.29, 1.82) is 0 Å². The number of fused-ring (bicyclic) bond motifs is 1. The Balaban J connectivity index is 1.63. The first-order chi connectivity index (χ1) is 13.1. The number of carbonyl (C=O) groups excluding carboxylic acids is 1. The fourth-order valence-corrected chi connectivity index (χ4v) is 2.74. The fourth-order valence-electron chi connectivity index (χ4n) is 2.74. The molecule has 0 saturated heterocycles. The molecule has 3 aromatic rings. The topological polar surface area (TPSA) is 63.3 Å². The highest BCUT2D eigenvalue weighted by atomic mass is 19.3. The second-order valence-corrected chi connectivity index (χ2v) is 5.92. The Hall–Kier alpha value is -3.09. The third kappa shape index (κ3) is 5.20. The Morgan fingerprint density at radius 1 is 1.11 bits per heavy atom. The molecule has 0 aliphatic carbocycles. The largest absolute Gasteiger partial charge is 0.488 e. The molecule has 0 fully saturated rings. The van der Waals surface area contributed by atoms with Crippen LogP contribution in [0.2, 0.25) is 0 Å². The van der Waals surface area contributed by atoms with Gasteiger partial charge in [0.15, 0.2) is 0 Å². The van der Waals surface area contributed by atoms with Crippen LogP contribution in [-0.4, -0.2) is 30.7 Å². The lowest BCUT2D eigenvalue weighted by atomic mass is 10.1. The van der Waals surface area contributed by atoms with Crippen molar-refractivity contribution in [2.24, 2.45) is 0 Å². The fraction of sp³-hybridized carbons (Fsp3) is 0.250. The van der Waals surface area contributed by atoms with Crippen molar-refractivity contribution in [2.75, 3.05) is 13.2 Å². The number of nitrogens with one attached hydrogen (secondary N) is 2. The normalized spacial score (nSPS) is 10.9. The summed E-state index contributed by atoms with van der Waals surface area (Å²) in [5, 5.41) is 2.93. The molecule has 0 aliphatic rings. The molecule has 1 aromatic heterocycles. The van der Waals surface area contributed by atoms with Crippen LogP contribution in [0.3, 0.4) is 0 Å². The minimum absolute atomic E-state index is 0.0784. The monoisotopic (exact) mass is 374 g/mol. The molecule has 7 heteroatoms. The highest BCUT2D eigenvalue weighted by molar-refractivity contribution is 5.89. The van der Waals surface area contributed by atoms with Crippen molar-refractivity contribution >= 4 is 17.0 Å². The van der Waals surface area contributed by atoms with Gasteiger partial charge in [-0.25, -0.2) is 13.6 Å². The number of aromatic nitrogens is 1. The molecule has 2 N–H and O–H groups in total. The molecule has 0 aliphatic heterocycles. The van der Waals surface area contributed by atoms with Crippen molar-refractivity contribution in [3.63, 3.8) is 0 Å². The lowest BCUT2D eigenvalue weighted by molar-refractivity contribution is 0.120. The number of alkyl carbamates (subject to hydrolysis) is 1. The molecule has 2 aromatic carbocycles. The molecule has 1 amide bonds. The molecule has 0 unspecified atom stereocenters. The molecular formula is C20H20F2N2O3. The number of alkyl halides is 2. The predicted octanol–water partition coefficient (Wildman–Crippen LogP) is 4.28. The van der Waals surface area contributed by atoms with E-state index in [0.29, 0.717) is 13.0 Å². The summed E-state index contributed by atoms with van der Waals surface area (Å²) in [7, 11) is 0. The summed E-state index contributed by atoms with van der Waals surface area (Å²) in [5.41, 5.74) is 2.90. The first-order valence-electron chi connectivity index (χ1n) is 8.58. The van der Waals surface area contributed by atoms with Crippen molar-refractivity contribution in [3.05, 3.63) is 65.9 Å². The first-order valence-corrected chi connectivity index (χ1v) is 8.58. The maximum Gasteiger partial charge on any atom is 0.407 e. The molecule has 142 valence electrons. The lowest BCUT2D eigenvalue weighted by Gasteiger charge is -2.10. The van der Waals surface area contributed by atoms with Crippen molar-refractivity contribution in [3.8, 4) is 5.75 Å². The number of hydrogen-bond donors (Lipinski definition) is 2. The van der Waals surface area contributed by atoms with Gasteiger partial charge in [0, 0.05) is 23.5 Å². The number of hydrogen-bond acceptors (Lipinski definition) is 3. The van der Waals surface area contributed by atoms with Crippen molar-refractivity contribution < 1.29 is 23.0 Å². The number of halogens is 2. The van der Waals surface area contributed by atoms with Crippen LogP contribution in [0.25, 0.3) is 10.9 Å². The molecule has 0 spiro atoms. The van der Waals surface area contributed by atoms with E-state index in [4.69, 9.17) is 9.47 Å². The van der Waals surface area contributed by atoms with Gasteiger partial charge in [0.05, 0.1) is 13.2 Å². The van der Waals surface area contributed by atoms with Crippen LogP contribution in [0.15, 0.2) is 54.7 Å². The standard InChI is InChI=1S/C20H20F2N2O3/c21-18(22)12-24-20(25)26-10-9-15-11-23-16-7-4-8-17(19(15)16)27-13-14-5-2-1-3-6-14/h1-8,11,18,23H,9-10,12-13H2,(H,24,25). The van der Waals surface area contributed by atoms with Gasteiger partial charge in [0.25, 0.3) is 6.43 Å². The lowest BCUT2D eigenvalue weighted by Crippen LogP contribution is -2.29. The van der Waals surface area contributed by atoms with Gasteiger partial charge < -0.3 is 19.8 Å². The summed E-state index contributed by atoms with van der Waals surface area (Å²) in [4.78, 5) is 14.5. The molecular weight excluding hydrogens is 354 g/mol. The zero-order valence-electron chi connectivity index (χ0n) is 14.6. The average molecular weight is 374 g/mol. The second kappa shape index (κ2) is 9.02. The van der Waals surface area contributed by atoms with Gasteiger partial charge in [-0.2, -0.15) is 0 Å². The predicted molar refractivity (Wildman–Crippen MR) is 98.1 cm³/mol. The van der Waals surface area contributed by atoms with Gasteiger partial charge in [-0.05, 0) is 23.3 Å². The summed E-state index contributed by atoms with van der Waals surface area (Å²) in [6, 6.07) is 15.6. The maximum atomic E-state index is 12.1. The highest BCUT2D eigenvalue weighted by Gasteiger charge is 2.12. The van der Waals surface area contributed by atoms with E-state index in [0.717, 1.165) is 27.8 Å². The quantitative estimate of drug-likeness (QED) is 0.619. The van der Waals surface area contributed by atoms with E-state index >= 15 is 0 Å². The van der Waals surface area contributed by atoms with E-state index in [9.17, 15) is 13.6 Å². The average Bonchev–Trinajstić information content (AvgIpc) is 3.09. The SMILES string of the molecule is O=C(NCC(F)F)OCCc1c[nH]c2cccc(OCc3ccccc3)c12. The Morgan fingerprint density at radius 3 is 2.70 bits per heavy atom. The summed E-state index contributed by atoms with van der Waals surface area (Å²) in [6.07, 6.45) is -1.18. The molecule has 0 radical (unpaired) electrons. The zero-order chi connectivity index (χ0) is 19.1. The Bertz CT molecular complexity index is 881. The van der Waals surface area contributed by atoms with E-state index in [1.807, 2.05) is 60.0 Å². The number of amides is 1. The third-order valence-corrected chi connectivity index (χ3v) is 3.99. The first kappa shape index (κ1) is 18.7. The van der Waals surface area contributed by atoms with Gasteiger partial charge in [-0.3, -0.25) is 0 Å². The van der Waals surface area contributed by atoms with Crippen LogP contribution < -0.4 is 10.1 Å². The summed E-state index contributed by atoms with van der Waals surface area (Å²) >= 11 is 0. The minimum Gasteiger partial charge on any atom is -0.488 e. The van der Waals surface area contributed by atoms with Gasteiger partial charge in [0.1, 0.15) is 12.4 Å². The van der Waals surface area contributed by atoms with E-state index in [1.54, 1.807) is 0 Å². The van der Waals surface area contributed by atoms with E-state index in [-0.39, 0.29) is 6.61 Å². The van der Waals surface area contributed by atoms with E-state index in [2.05, 4.69) is 4.98 Å². The van der Waals surface area contributed by atoms with Crippen LogP contribution in [0.1, 0.15) is 11.1 Å². The van der Waals surface area contributed by atoms with Crippen LogP contribution >= 0.6 is 0 Å². The molecule has 0 bridgehead atoms. The molecule has 27 heavy (non-hydrogen) atoms. The number of aromatic amines is 1. The van der Waals surface area contributed by atoms with Gasteiger partial charge >= 0.3 is 6.09 Å². The Morgan fingerprint density at radius 2 is 1.93 bits per heavy atom. The van der Waals surface area contributed by atoms with Crippen LogP contribution in [0.5, 0.6) is 5.75 Å². The maximum absolute atomic E-state index is 12.1. The van der Waals surface area contributed by atoms with Crippen molar-refractivity contribution in [1.82, 2.24) is 10.3 Å².